The number of aliphatic carboxylic acids is 1. The lowest BCUT2D eigenvalue weighted by Crippen LogP contribution is -2.46. The summed E-state index contributed by atoms with van der Waals surface area (Å²) in [5.41, 5.74) is 0. The van der Waals surface area contributed by atoms with Crippen LogP contribution in [0.3, 0.4) is 0 Å². The van der Waals surface area contributed by atoms with Crippen LogP contribution < -0.4 is 4.74 Å². The van der Waals surface area contributed by atoms with Gasteiger partial charge in [-0.25, -0.2) is 0 Å². The zero-order valence-corrected chi connectivity index (χ0v) is 14.1. The van der Waals surface area contributed by atoms with E-state index in [9.17, 15) is 9.59 Å². The van der Waals surface area contributed by atoms with Gasteiger partial charge in [-0.2, -0.15) is 0 Å². The number of rotatable bonds is 6. The molecular weight excluding hydrogens is 341 g/mol. The highest BCUT2D eigenvalue weighted by molar-refractivity contribution is 6.34. The first kappa shape index (κ1) is 17.9. The van der Waals surface area contributed by atoms with Gasteiger partial charge < -0.3 is 14.7 Å². The summed E-state index contributed by atoms with van der Waals surface area (Å²) >= 11 is 11.9. The van der Waals surface area contributed by atoms with Crippen molar-refractivity contribution in [2.45, 2.75) is 38.1 Å². The molecule has 2 rings (SSSR count). The van der Waals surface area contributed by atoms with Crippen LogP contribution in [0.25, 0.3) is 0 Å². The number of carbonyl (C=O) groups excluding carboxylic acids is 1. The molecule has 0 aromatic heterocycles. The van der Waals surface area contributed by atoms with E-state index in [-0.39, 0.29) is 25.0 Å². The Balaban J connectivity index is 1.94. The lowest BCUT2D eigenvalue weighted by atomic mass is 9.98. The Morgan fingerprint density at radius 1 is 1.30 bits per heavy atom. The number of piperidine rings is 1. The molecule has 1 saturated heterocycles. The first-order valence-corrected chi connectivity index (χ1v) is 8.32. The van der Waals surface area contributed by atoms with Crippen molar-refractivity contribution in [1.82, 2.24) is 4.90 Å². The Morgan fingerprint density at radius 2 is 2.09 bits per heavy atom. The van der Waals surface area contributed by atoms with E-state index >= 15 is 0 Å². The molecule has 0 saturated carbocycles. The van der Waals surface area contributed by atoms with Gasteiger partial charge in [0.2, 0.25) is 0 Å². The Bertz CT molecular complexity index is 579. The number of hydrogen-bond acceptors (Lipinski definition) is 3. The van der Waals surface area contributed by atoms with E-state index in [1.165, 1.54) is 0 Å². The standard InChI is InChI=1S/C16H19Cl2NO4/c17-11-4-6-13(18)14(9-11)23-10-15(20)19-8-2-1-3-12(19)5-7-16(21)22/h4,6,9,12H,1-3,5,7-8,10H2,(H,21,22). The van der Waals surface area contributed by atoms with Crippen LogP contribution >= 0.6 is 23.2 Å². The largest absolute Gasteiger partial charge is 0.482 e. The van der Waals surface area contributed by atoms with E-state index in [0.29, 0.717) is 28.8 Å². The minimum atomic E-state index is -0.843. The molecule has 1 aromatic rings. The van der Waals surface area contributed by atoms with Gasteiger partial charge in [0.15, 0.2) is 6.61 Å². The van der Waals surface area contributed by atoms with Crippen LogP contribution in [0.15, 0.2) is 18.2 Å². The lowest BCUT2D eigenvalue weighted by molar-refractivity contribution is -0.141. The molecule has 126 valence electrons. The Hall–Kier alpha value is -1.46. The molecule has 1 aromatic carbocycles. The number of nitrogens with zero attached hydrogens (tertiary/aromatic N) is 1. The molecule has 1 unspecified atom stereocenters. The molecule has 5 nitrogen and oxygen atoms in total. The van der Waals surface area contributed by atoms with Crippen molar-refractivity contribution in [2.75, 3.05) is 13.2 Å². The minimum Gasteiger partial charge on any atom is -0.482 e. The fourth-order valence-corrected chi connectivity index (χ4v) is 3.06. The highest BCUT2D eigenvalue weighted by Crippen LogP contribution is 2.28. The van der Waals surface area contributed by atoms with Crippen molar-refractivity contribution >= 4 is 35.1 Å². The molecule has 0 radical (unpaired) electrons. The van der Waals surface area contributed by atoms with Crippen LogP contribution in [0.1, 0.15) is 32.1 Å². The van der Waals surface area contributed by atoms with E-state index in [4.69, 9.17) is 33.0 Å². The molecule has 1 heterocycles. The first-order valence-electron chi connectivity index (χ1n) is 7.56. The van der Waals surface area contributed by atoms with E-state index in [1.807, 2.05) is 0 Å². The number of carboxylic acids is 1. The predicted molar refractivity (Wildman–Crippen MR) is 88.2 cm³/mol. The molecule has 1 fully saturated rings. The predicted octanol–water partition coefficient (Wildman–Crippen LogP) is 3.62. The topological polar surface area (TPSA) is 66.8 Å². The SMILES string of the molecule is O=C(O)CCC1CCCCN1C(=O)COc1cc(Cl)ccc1Cl. The molecule has 1 aliphatic heterocycles. The van der Waals surface area contributed by atoms with Gasteiger partial charge in [0, 0.05) is 30.1 Å². The van der Waals surface area contributed by atoms with Crippen LogP contribution in [0.4, 0.5) is 0 Å². The number of ether oxygens (including phenoxy) is 1. The number of likely N-dealkylation sites (tertiary alicyclic amines) is 1. The summed E-state index contributed by atoms with van der Waals surface area (Å²) in [4.78, 5) is 24.9. The summed E-state index contributed by atoms with van der Waals surface area (Å²) in [5, 5.41) is 9.69. The zero-order valence-electron chi connectivity index (χ0n) is 12.6. The summed E-state index contributed by atoms with van der Waals surface area (Å²) in [5.74, 6) is -0.632. The third-order valence-electron chi connectivity index (χ3n) is 3.88. The summed E-state index contributed by atoms with van der Waals surface area (Å²) < 4.78 is 5.48. The summed E-state index contributed by atoms with van der Waals surface area (Å²) in [6.07, 6.45) is 3.30. The summed E-state index contributed by atoms with van der Waals surface area (Å²) in [6, 6.07) is 4.78. The van der Waals surface area contributed by atoms with Gasteiger partial charge in [0.25, 0.3) is 5.91 Å². The van der Waals surface area contributed by atoms with E-state index in [0.717, 1.165) is 19.3 Å². The summed E-state index contributed by atoms with van der Waals surface area (Å²) in [7, 11) is 0. The Morgan fingerprint density at radius 3 is 2.83 bits per heavy atom. The van der Waals surface area contributed by atoms with Gasteiger partial charge in [0.05, 0.1) is 5.02 Å². The molecule has 23 heavy (non-hydrogen) atoms. The molecule has 1 aliphatic rings. The van der Waals surface area contributed by atoms with Crippen molar-refractivity contribution in [3.63, 3.8) is 0 Å². The second-order valence-corrected chi connectivity index (χ2v) is 6.38. The van der Waals surface area contributed by atoms with Crippen molar-refractivity contribution in [3.05, 3.63) is 28.2 Å². The fraction of sp³-hybridized carbons (Fsp3) is 0.500. The van der Waals surface area contributed by atoms with E-state index in [2.05, 4.69) is 0 Å². The van der Waals surface area contributed by atoms with Crippen molar-refractivity contribution in [3.8, 4) is 5.75 Å². The maximum atomic E-state index is 12.4. The van der Waals surface area contributed by atoms with Gasteiger partial charge >= 0.3 is 5.97 Å². The van der Waals surface area contributed by atoms with Crippen LogP contribution in [-0.2, 0) is 9.59 Å². The number of benzene rings is 1. The van der Waals surface area contributed by atoms with Crippen LogP contribution in [0.2, 0.25) is 10.0 Å². The third kappa shape index (κ3) is 5.29. The van der Waals surface area contributed by atoms with Gasteiger partial charge in [0.1, 0.15) is 5.75 Å². The number of carboxylic acid groups (broad SMARTS) is 1. The monoisotopic (exact) mass is 359 g/mol. The van der Waals surface area contributed by atoms with E-state index < -0.39 is 5.97 Å². The number of amides is 1. The normalized spacial score (nSPS) is 17.8. The maximum Gasteiger partial charge on any atom is 0.303 e. The van der Waals surface area contributed by atoms with Crippen LogP contribution in [0, 0.1) is 0 Å². The van der Waals surface area contributed by atoms with Gasteiger partial charge in [-0.3, -0.25) is 9.59 Å². The van der Waals surface area contributed by atoms with E-state index in [1.54, 1.807) is 23.1 Å². The number of hydrogen-bond donors (Lipinski definition) is 1. The highest BCUT2D eigenvalue weighted by atomic mass is 35.5. The summed E-state index contributed by atoms with van der Waals surface area (Å²) in [6.45, 7) is 0.499. The second kappa shape index (κ2) is 8.41. The highest BCUT2D eigenvalue weighted by Gasteiger charge is 2.27. The molecule has 0 spiro atoms. The average molecular weight is 360 g/mol. The third-order valence-corrected chi connectivity index (χ3v) is 4.43. The zero-order chi connectivity index (χ0) is 16.8. The van der Waals surface area contributed by atoms with Gasteiger partial charge in [-0.15, -0.1) is 0 Å². The second-order valence-electron chi connectivity index (χ2n) is 5.53. The molecule has 1 amide bonds. The Labute approximate surface area is 145 Å². The van der Waals surface area contributed by atoms with Crippen molar-refractivity contribution in [2.24, 2.45) is 0 Å². The fourth-order valence-electron chi connectivity index (χ4n) is 2.73. The first-order chi connectivity index (χ1) is 11.0. The Kier molecular flexibility index (Phi) is 6.54. The van der Waals surface area contributed by atoms with Crippen LogP contribution in [0.5, 0.6) is 5.75 Å². The quantitative estimate of drug-likeness (QED) is 0.842. The molecule has 7 heteroatoms. The molecule has 0 bridgehead atoms. The molecule has 1 N–H and O–H groups in total. The van der Waals surface area contributed by atoms with Crippen LogP contribution in [-0.4, -0.2) is 41.1 Å². The van der Waals surface area contributed by atoms with Gasteiger partial charge in [-0.1, -0.05) is 23.2 Å². The van der Waals surface area contributed by atoms with Crippen molar-refractivity contribution in [1.29, 1.82) is 0 Å². The molecular formula is C16H19Cl2NO4. The minimum absolute atomic E-state index is 0.0363. The number of halogens is 2. The van der Waals surface area contributed by atoms with Crippen molar-refractivity contribution < 1.29 is 19.4 Å². The smallest absolute Gasteiger partial charge is 0.303 e. The molecule has 0 aliphatic carbocycles. The van der Waals surface area contributed by atoms with Gasteiger partial charge in [-0.05, 0) is 37.8 Å². The average Bonchev–Trinajstić information content (AvgIpc) is 2.53. The number of carbonyl (C=O) groups is 2. The maximum absolute atomic E-state index is 12.4. The molecule has 1 atom stereocenters. The lowest BCUT2D eigenvalue weighted by Gasteiger charge is -2.35.